The van der Waals surface area contributed by atoms with Gasteiger partial charge >= 0.3 is 185 Å². The topological polar surface area (TPSA) is 33.0 Å². The van der Waals surface area contributed by atoms with Crippen LogP contribution in [0.25, 0.3) is 5.57 Å². The monoisotopic (exact) mass is 437 g/mol. The van der Waals surface area contributed by atoms with E-state index in [9.17, 15) is 5.26 Å². The molecular weight excluding hydrogens is 397 g/mol. The fraction of sp³-hybridized carbons (Fsp3) is 0.640. The minimum absolute atomic E-state index is 0.608. The van der Waals surface area contributed by atoms with Crippen LogP contribution in [0.4, 0.5) is 0 Å². The van der Waals surface area contributed by atoms with E-state index >= 15 is 0 Å². The van der Waals surface area contributed by atoms with Crippen molar-refractivity contribution >= 4 is 24.0 Å². The van der Waals surface area contributed by atoms with Crippen LogP contribution in [0, 0.1) is 11.3 Å². The summed E-state index contributed by atoms with van der Waals surface area (Å²) in [5.74, 6) is 0. The first kappa shape index (κ1) is 26.0. The van der Waals surface area contributed by atoms with Crippen molar-refractivity contribution in [2.24, 2.45) is 0 Å². The third-order valence-corrected chi connectivity index (χ3v) is 12.8. The van der Waals surface area contributed by atoms with Crippen molar-refractivity contribution in [3.05, 3.63) is 41.1 Å². The zero-order valence-electron chi connectivity index (χ0n) is 19.1. The van der Waals surface area contributed by atoms with E-state index in [4.69, 9.17) is 16.1 Å². The van der Waals surface area contributed by atoms with E-state index in [1.54, 1.807) is 0 Å². The maximum absolute atomic E-state index is 9.82. The van der Waals surface area contributed by atoms with Crippen molar-refractivity contribution in [3.63, 3.8) is 0 Å². The summed E-state index contributed by atoms with van der Waals surface area (Å²) in [5, 5.41) is 10.5. The van der Waals surface area contributed by atoms with E-state index in [1.807, 2.05) is 30.5 Å². The molecule has 0 radical (unpaired) electrons. The summed E-state index contributed by atoms with van der Waals surface area (Å²) in [7, 11) is 0. The molecule has 0 aliphatic carbocycles. The van der Waals surface area contributed by atoms with Crippen LogP contribution in [0.5, 0.6) is 0 Å². The van der Waals surface area contributed by atoms with Gasteiger partial charge in [-0.3, -0.25) is 0 Å². The summed E-state index contributed by atoms with van der Waals surface area (Å²) in [6.07, 6.45) is 16.2. The molecule has 0 fully saturated rings. The Kier molecular flexibility index (Phi) is 11.9. The van der Waals surface area contributed by atoms with Crippen LogP contribution in [-0.2, 0) is 4.52 Å². The third-order valence-electron chi connectivity index (χ3n) is 6.05. The molecule has 1 aromatic rings. The molecule has 0 saturated carbocycles. The Hall–Kier alpha value is -1.03. The number of unbranched alkanes of at least 4 members (excludes halogenated alkanes) is 4. The van der Waals surface area contributed by atoms with Crippen LogP contribution in [0.3, 0.4) is 0 Å². The van der Waals surface area contributed by atoms with Gasteiger partial charge in [0.2, 0.25) is 0 Å². The number of nitrogens with zero attached hydrogens (tertiary/aromatic N) is 1. The van der Waals surface area contributed by atoms with Crippen LogP contribution in [0.15, 0.2) is 30.5 Å². The average molecular weight is 438 g/mol. The fourth-order valence-electron chi connectivity index (χ4n) is 4.10. The van der Waals surface area contributed by atoms with Gasteiger partial charge in [-0.1, -0.05) is 0 Å². The van der Waals surface area contributed by atoms with Crippen molar-refractivity contribution < 1.29 is 4.52 Å². The van der Waals surface area contributed by atoms with Gasteiger partial charge in [-0.15, -0.1) is 0 Å². The number of nitriles is 1. The Bertz CT molecular complexity index is 619. The number of halogens is 1. The second-order valence-electron chi connectivity index (χ2n) is 8.42. The Morgan fingerprint density at radius 1 is 0.862 bits per heavy atom. The molecule has 1 rings (SSSR count). The van der Waals surface area contributed by atoms with Crippen molar-refractivity contribution in [1.29, 1.82) is 5.26 Å². The molecule has 0 saturated heterocycles. The molecule has 164 valence electrons. The van der Waals surface area contributed by atoms with Crippen LogP contribution < -0.4 is 0 Å². The van der Waals surface area contributed by atoms with Gasteiger partial charge in [0, 0.05) is 0 Å². The van der Waals surface area contributed by atoms with Crippen LogP contribution in [0.1, 0.15) is 84.6 Å². The van der Waals surface area contributed by atoms with Crippen LogP contribution in [0.2, 0.25) is 5.02 Å². The first-order chi connectivity index (χ1) is 14.0. The third kappa shape index (κ3) is 7.96. The van der Waals surface area contributed by atoms with Crippen LogP contribution >= 0.6 is 18.4 Å². The summed E-state index contributed by atoms with van der Waals surface area (Å²) in [5.41, 5.74) is 1.49. The fourth-order valence-corrected chi connectivity index (χ4v) is 10.9. The van der Waals surface area contributed by atoms with E-state index in [0.29, 0.717) is 10.6 Å². The van der Waals surface area contributed by atoms with Gasteiger partial charge in [0.1, 0.15) is 0 Å². The molecule has 0 atom stereocenters. The summed E-state index contributed by atoms with van der Waals surface area (Å²) in [4.78, 5) is 0. The average Bonchev–Trinajstić information content (AvgIpc) is 2.75. The predicted octanol–water partition coefficient (Wildman–Crippen LogP) is 8.89. The molecule has 0 heterocycles. The molecule has 0 spiro atoms. The van der Waals surface area contributed by atoms with Gasteiger partial charge in [0.25, 0.3) is 0 Å². The minimum atomic E-state index is -2.40. The molecule has 0 aliphatic rings. The number of hydrogen-bond acceptors (Lipinski definition) is 2. The van der Waals surface area contributed by atoms with Gasteiger partial charge in [-0.05, 0) is 0 Å². The number of allylic oxidation sites excluding steroid dienone is 1. The number of hydrogen-bond donors (Lipinski definition) is 0. The maximum atomic E-state index is 9.82. The number of rotatable bonds is 15. The molecule has 0 amide bonds. The first-order valence-electron chi connectivity index (χ1n) is 11.5. The van der Waals surface area contributed by atoms with E-state index in [1.165, 1.54) is 76.0 Å². The summed E-state index contributed by atoms with van der Waals surface area (Å²) in [6, 6.07) is 9.86. The number of benzene rings is 1. The second kappa shape index (κ2) is 13.3. The Morgan fingerprint density at radius 3 is 1.62 bits per heavy atom. The molecule has 0 aromatic heterocycles. The SMILES string of the molecule is CCCCP(CCCC)(CCCC)(CCCC)O/C=C(\C#N)c1ccc(Cl)cc1. The zero-order chi connectivity index (χ0) is 21.6. The van der Waals surface area contributed by atoms with Gasteiger partial charge in [0.15, 0.2) is 0 Å². The predicted molar refractivity (Wildman–Crippen MR) is 132 cm³/mol. The van der Waals surface area contributed by atoms with E-state index in [0.717, 1.165) is 5.56 Å². The Morgan fingerprint density at radius 2 is 1.28 bits per heavy atom. The van der Waals surface area contributed by atoms with Gasteiger partial charge in [0.05, 0.1) is 0 Å². The summed E-state index contributed by atoms with van der Waals surface area (Å²) < 4.78 is 6.98. The zero-order valence-corrected chi connectivity index (χ0v) is 20.7. The van der Waals surface area contributed by atoms with Gasteiger partial charge in [-0.2, -0.15) is 0 Å². The Labute approximate surface area is 184 Å². The standard InChI is InChI=1S/C25H41ClNOP/c1-5-9-17-29(18-10-6-2,19-11-7-3,20-12-8-4)28-22-24(21-27)23-13-15-25(26)16-14-23/h13-16,22H,5-12,17-20H2,1-4H3/b24-22+. The van der Waals surface area contributed by atoms with E-state index in [-0.39, 0.29) is 0 Å². The molecule has 0 N–H and O–H groups in total. The Balaban J connectivity index is 3.39. The van der Waals surface area contributed by atoms with E-state index < -0.39 is 6.83 Å². The quantitative estimate of drug-likeness (QED) is 0.156. The van der Waals surface area contributed by atoms with Crippen molar-refractivity contribution in [1.82, 2.24) is 0 Å². The molecule has 1 aromatic carbocycles. The molecule has 29 heavy (non-hydrogen) atoms. The summed E-state index contributed by atoms with van der Waals surface area (Å²) >= 11 is 6.03. The van der Waals surface area contributed by atoms with Gasteiger partial charge < -0.3 is 0 Å². The molecule has 0 unspecified atom stereocenters. The van der Waals surface area contributed by atoms with Gasteiger partial charge in [-0.25, -0.2) is 0 Å². The van der Waals surface area contributed by atoms with Crippen molar-refractivity contribution in [2.45, 2.75) is 79.1 Å². The molecule has 4 heteroatoms. The summed E-state index contributed by atoms with van der Waals surface area (Å²) in [6.45, 7) is 6.69. The van der Waals surface area contributed by atoms with Crippen molar-refractivity contribution in [3.8, 4) is 6.07 Å². The molecule has 2 nitrogen and oxygen atoms in total. The molecule has 0 bridgehead atoms. The first-order valence-corrected chi connectivity index (χ1v) is 14.8. The van der Waals surface area contributed by atoms with Crippen molar-refractivity contribution in [2.75, 3.05) is 24.6 Å². The normalized spacial score (nSPS) is 13.5. The van der Waals surface area contributed by atoms with E-state index in [2.05, 4.69) is 33.8 Å². The molecule has 0 aliphatic heterocycles. The second-order valence-corrected chi connectivity index (χ2v) is 14.6. The van der Waals surface area contributed by atoms with Crippen LogP contribution in [-0.4, -0.2) is 24.6 Å². The molecular formula is C25H41ClNOP.